The molecule has 2 aromatic carbocycles. The van der Waals surface area contributed by atoms with Crippen molar-refractivity contribution < 1.29 is 32.3 Å². The number of nitrogens with one attached hydrogen (secondary N) is 1. The molecule has 0 radical (unpaired) electrons. The van der Waals surface area contributed by atoms with Gasteiger partial charge in [0.05, 0.1) is 21.3 Å². The van der Waals surface area contributed by atoms with Gasteiger partial charge in [-0.25, -0.2) is 4.98 Å². The molecule has 1 aliphatic heterocycles. The van der Waals surface area contributed by atoms with Crippen LogP contribution in [0.3, 0.4) is 0 Å². The first-order valence-electron chi connectivity index (χ1n) is 8.63. The summed E-state index contributed by atoms with van der Waals surface area (Å²) >= 11 is 0.977. The van der Waals surface area contributed by atoms with Gasteiger partial charge in [-0.1, -0.05) is 23.5 Å². The number of nitrogens with zero attached hydrogens (tertiary/aromatic N) is 2. The molecule has 0 bridgehead atoms. The number of anilines is 1. The first-order chi connectivity index (χ1) is 14.2. The van der Waals surface area contributed by atoms with Crippen LogP contribution in [0.4, 0.5) is 18.3 Å². The molecule has 11 heteroatoms. The van der Waals surface area contributed by atoms with Crippen molar-refractivity contribution in [2.24, 2.45) is 0 Å². The highest BCUT2D eigenvalue weighted by atomic mass is 32.1. The molecule has 0 aliphatic carbocycles. The minimum absolute atomic E-state index is 0.105. The molecule has 0 saturated carbocycles. The summed E-state index contributed by atoms with van der Waals surface area (Å²) in [6.45, 7) is -0.105. The predicted octanol–water partition coefficient (Wildman–Crippen LogP) is 3.82. The summed E-state index contributed by atoms with van der Waals surface area (Å²) in [7, 11) is 0. The minimum Gasteiger partial charge on any atom is -0.406 e. The van der Waals surface area contributed by atoms with Crippen molar-refractivity contribution in [1.82, 2.24) is 9.88 Å². The van der Waals surface area contributed by atoms with Gasteiger partial charge in [0.15, 0.2) is 5.13 Å². The fraction of sp³-hybridized carbons (Fsp3) is 0.158. The summed E-state index contributed by atoms with van der Waals surface area (Å²) in [6, 6.07) is 10.1. The number of rotatable bonds is 5. The summed E-state index contributed by atoms with van der Waals surface area (Å²) in [4.78, 5) is 42.0. The molecule has 0 saturated heterocycles. The fourth-order valence-corrected chi connectivity index (χ4v) is 3.90. The molecule has 2 heterocycles. The van der Waals surface area contributed by atoms with Gasteiger partial charge in [-0.3, -0.25) is 19.3 Å². The molecule has 1 aromatic heterocycles. The maximum Gasteiger partial charge on any atom is 0.573 e. The van der Waals surface area contributed by atoms with E-state index in [0.29, 0.717) is 21.3 Å². The highest BCUT2D eigenvalue weighted by Gasteiger charge is 2.35. The third-order valence-electron chi connectivity index (χ3n) is 4.28. The van der Waals surface area contributed by atoms with Crippen LogP contribution in [0, 0.1) is 0 Å². The van der Waals surface area contributed by atoms with Gasteiger partial charge < -0.3 is 10.1 Å². The lowest BCUT2D eigenvalue weighted by Gasteiger charge is -2.12. The van der Waals surface area contributed by atoms with Gasteiger partial charge in [0.2, 0.25) is 5.91 Å². The molecule has 1 aliphatic rings. The second-order valence-corrected chi connectivity index (χ2v) is 7.33. The van der Waals surface area contributed by atoms with Crippen molar-refractivity contribution in [3.05, 3.63) is 53.6 Å². The van der Waals surface area contributed by atoms with Gasteiger partial charge in [0.1, 0.15) is 5.75 Å². The van der Waals surface area contributed by atoms with Crippen LogP contribution in [-0.2, 0) is 4.79 Å². The molecule has 0 fully saturated rings. The molecule has 3 aromatic rings. The number of amides is 3. The Labute approximate surface area is 171 Å². The van der Waals surface area contributed by atoms with Crippen LogP contribution in [0.1, 0.15) is 27.1 Å². The van der Waals surface area contributed by atoms with E-state index in [1.165, 1.54) is 12.1 Å². The molecule has 30 heavy (non-hydrogen) atoms. The Kier molecular flexibility index (Phi) is 4.90. The van der Waals surface area contributed by atoms with Crippen LogP contribution in [0.25, 0.3) is 10.2 Å². The standard InChI is InChI=1S/C19H12F3N3O4S/c20-19(21,22)29-10-5-6-13-14(9-10)30-18(23-13)24-15(26)7-8-25-16(27)11-3-1-2-4-12(11)17(25)28/h1-6,9H,7-8H2,(H,23,24,26). The number of carbonyl (C=O) groups is 3. The Hall–Kier alpha value is -3.47. The zero-order valence-corrected chi connectivity index (χ0v) is 15.8. The molecule has 3 amide bonds. The smallest absolute Gasteiger partial charge is 0.406 e. The van der Waals surface area contributed by atoms with E-state index in [1.807, 2.05) is 0 Å². The summed E-state index contributed by atoms with van der Waals surface area (Å²) in [6.07, 6.45) is -4.96. The number of halogens is 3. The third kappa shape index (κ3) is 3.96. The fourth-order valence-electron chi connectivity index (χ4n) is 2.99. The number of alkyl halides is 3. The Balaban J connectivity index is 1.39. The van der Waals surface area contributed by atoms with E-state index in [0.717, 1.165) is 22.3 Å². The number of ether oxygens (including phenoxy) is 1. The molecule has 1 N–H and O–H groups in total. The van der Waals surface area contributed by atoms with E-state index in [9.17, 15) is 27.6 Å². The Bertz CT molecular complexity index is 1140. The van der Waals surface area contributed by atoms with Crippen molar-refractivity contribution in [2.45, 2.75) is 12.8 Å². The number of thiazole rings is 1. The summed E-state index contributed by atoms with van der Waals surface area (Å²) in [5.41, 5.74) is 0.988. The molecule has 0 atom stereocenters. The Morgan fingerprint density at radius 2 is 1.77 bits per heavy atom. The van der Waals surface area contributed by atoms with E-state index in [1.54, 1.807) is 24.3 Å². The zero-order valence-electron chi connectivity index (χ0n) is 15.0. The lowest BCUT2D eigenvalue weighted by atomic mass is 10.1. The average Bonchev–Trinajstić information content (AvgIpc) is 3.17. The van der Waals surface area contributed by atoms with Crippen molar-refractivity contribution >= 4 is 44.4 Å². The molecule has 0 unspecified atom stereocenters. The maximum atomic E-state index is 12.3. The van der Waals surface area contributed by atoms with E-state index in [4.69, 9.17) is 0 Å². The summed E-state index contributed by atoms with van der Waals surface area (Å²) in [5, 5.41) is 2.71. The number of fused-ring (bicyclic) bond motifs is 2. The van der Waals surface area contributed by atoms with E-state index in [2.05, 4.69) is 15.0 Å². The largest absolute Gasteiger partial charge is 0.573 e. The van der Waals surface area contributed by atoms with Crippen LogP contribution >= 0.6 is 11.3 Å². The van der Waals surface area contributed by atoms with Gasteiger partial charge in [0.25, 0.3) is 11.8 Å². The van der Waals surface area contributed by atoms with Crippen molar-refractivity contribution in [1.29, 1.82) is 0 Å². The molecule has 4 rings (SSSR count). The van der Waals surface area contributed by atoms with E-state index in [-0.39, 0.29) is 23.8 Å². The Morgan fingerprint density at radius 3 is 2.40 bits per heavy atom. The minimum atomic E-state index is -4.81. The van der Waals surface area contributed by atoms with Crippen LogP contribution < -0.4 is 10.1 Å². The highest BCUT2D eigenvalue weighted by Crippen LogP contribution is 2.31. The van der Waals surface area contributed by atoms with Gasteiger partial charge in [-0.15, -0.1) is 13.2 Å². The van der Waals surface area contributed by atoms with Gasteiger partial charge in [-0.05, 0) is 24.3 Å². The second-order valence-electron chi connectivity index (χ2n) is 6.30. The average molecular weight is 435 g/mol. The topological polar surface area (TPSA) is 88.6 Å². The second kappa shape index (κ2) is 7.41. The van der Waals surface area contributed by atoms with Crippen LogP contribution in [0.2, 0.25) is 0 Å². The van der Waals surface area contributed by atoms with Gasteiger partial charge in [-0.2, -0.15) is 0 Å². The van der Waals surface area contributed by atoms with Crippen LogP contribution in [-0.4, -0.2) is 40.5 Å². The molecular weight excluding hydrogens is 423 g/mol. The van der Waals surface area contributed by atoms with E-state index >= 15 is 0 Å². The van der Waals surface area contributed by atoms with Crippen molar-refractivity contribution in [3.63, 3.8) is 0 Å². The maximum absolute atomic E-state index is 12.3. The number of carbonyl (C=O) groups excluding carboxylic acids is 3. The third-order valence-corrected chi connectivity index (χ3v) is 5.21. The molecular formula is C19H12F3N3O4S. The normalized spacial score (nSPS) is 13.6. The summed E-state index contributed by atoms with van der Waals surface area (Å²) in [5.74, 6) is -1.79. The lowest BCUT2D eigenvalue weighted by Crippen LogP contribution is -2.32. The van der Waals surface area contributed by atoms with Gasteiger partial charge >= 0.3 is 6.36 Å². The van der Waals surface area contributed by atoms with Crippen molar-refractivity contribution in [2.75, 3.05) is 11.9 Å². The number of hydrogen-bond acceptors (Lipinski definition) is 6. The van der Waals surface area contributed by atoms with Crippen LogP contribution in [0.15, 0.2) is 42.5 Å². The molecule has 154 valence electrons. The number of imide groups is 1. The zero-order chi connectivity index (χ0) is 21.5. The first-order valence-corrected chi connectivity index (χ1v) is 9.44. The molecule has 0 spiro atoms. The summed E-state index contributed by atoms with van der Waals surface area (Å²) < 4.78 is 41.3. The van der Waals surface area contributed by atoms with Crippen LogP contribution in [0.5, 0.6) is 5.75 Å². The Morgan fingerprint density at radius 1 is 1.10 bits per heavy atom. The lowest BCUT2D eigenvalue weighted by molar-refractivity contribution is -0.274. The highest BCUT2D eigenvalue weighted by molar-refractivity contribution is 7.22. The quantitative estimate of drug-likeness (QED) is 0.616. The monoisotopic (exact) mass is 435 g/mol. The number of benzene rings is 2. The first kappa shape index (κ1) is 19.8. The molecule has 7 nitrogen and oxygen atoms in total. The van der Waals surface area contributed by atoms with Gasteiger partial charge in [0, 0.05) is 19.0 Å². The van der Waals surface area contributed by atoms with Crippen molar-refractivity contribution in [3.8, 4) is 5.75 Å². The number of aromatic nitrogens is 1. The SMILES string of the molecule is O=C(CCN1C(=O)c2ccccc2C1=O)Nc1nc2ccc(OC(F)(F)F)cc2s1. The predicted molar refractivity (Wildman–Crippen MR) is 101 cm³/mol. The van der Waals surface area contributed by atoms with E-state index < -0.39 is 24.1 Å². The number of hydrogen-bond donors (Lipinski definition) is 1.